The van der Waals surface area contributed by atoms with E-state index in [2.05, 4.69) is 15.5 Å². The summed E-state index contributed by atoms with van der Waals surface area (Å²) in [4.78, 5) is 12.4. The van der Waals surface area contributed by atoms with E-state index in [1.54, 1.807) is 24.3 Å². The van der Waals surface area contributed by atoms with E-state index in [0.717, 1.165) is 42.3 Å². The number of aromatic nitrogens is 2. The molecule has 0 radical (unpaired) electrons. The molecule has 1 aromatic heterocycles. The summed E-state index contributed by atoms with van der Waals surface area (Å²) >= 11 is 1.12. The van der Waals surface area contributed by atoms with E-state index in [9.17, 15) is 13.2 Å². The van der Waals surface area contributed by atoms with Crippen molar-refractivity contribution in [1.29, 1.82) is 0 Å². The Kier molecular flexibility index (Phi) is 6.92. The quantitative estimate of drug-likeness (QED) is 0.519. The number of nitrogens with one attached hydrogen (secondary N) is 1. The van der Waals surface area contributed by atoms with Gasteiger partial charge in [-0.15, -0.1) is 10.2 Å². The van der Waals surface area contributed by atoms with Crippen LogP contribution in [0.2, 0.25) is 0 Å². The van der Waals surface area contributed by atoms with Gasteiger partial charge in [0, 0.05) is 24.3 Å². The van der Waals surface area contributed by atoms with Crippen molar-refractivity contribution in [2.45, 2.75) is 36.3 Å². The summed E-state index contributed by atoms with van der Waals surface area (Å²) in [6, 6.07) is 14.1. The smallest absolute Gasteiger partial charge is 0.277 e. The summed E-state index contributed by atoms with van der Waals surface area (Å²) in [6.45, 7) is 3.00. The van der Waals surface area contributed by atoms with Gasteiger partial charge in [-0.2, -0.15) is 4.31 Å². The standard InChI is InChI=1S/C22H24N4O4S2/c1-16-8-3-4-11-19(16)23-20(27)15-31-22-25-24-21(30-22)17-9-7-10-18(14-17)32(28,29)26-12-5-2-6-13-26/h3-4,7-11,14H,2,5-6,12-13,15H2,1H3,(H,23,27). The number of aryl methyl sites for hydroxylation is 1. The minimum atomic E-state index is -3.56. The summed E-state index contributed by atoms with van der Waals surface area (Å²) in [5.41, 5.74) is 2.26. The Hall–Kier alpha value is -2.69. The van der Waals surface area contributed by atoms with Gasteiger partial charge in [0.15, 0.2) is 0 Å². The summed E-state index contributed by atoms with van der Waals surface area (Å²) in [6.07, 6.45) is 2.80. The zero-order valence-electron chi connectivity index (χ0n) is 17.7. The third kappa shape index (κ3) is 5.20. The highest BCUT2D eigenvalue weighted by atomic mass is 32.2. The first-order valence-electron chi connectivity index (χ1n) is 10.4. The monoisotopic (exact) mass is 472 g/mol. The molecule has 1 saturated heterocycles. The highest BCUT2D eigenvalue weighted by Gasteiger charge is 2.26. The largest absolute Gasteiger partial charge is 0.411 e. The lowest BCUT2D eigenvalue weighted by molar-refractivity contribution is -0.113. The van der Waals surface area contributed by atoms with Crippen LogP contribution in [0.25, 0.3) is 11.5 Å². The number of para-hydroxylation sites is 1. The number of nitrogens with zero attached hydrogens (tertiary/aromatic N) is 3. The molecule has 1 fully saturated rings. The van der Waals surface area contributed by atoms with Crippen molar-refractivity contribution in [3.8, 4) is 11.5 Å². The zero-order chi connectivity index (χ0) is 22.6. The number of hydrogen-bond donors (Lipinski definition) is 1. The second-order valence-corrected chi connectivity index (χ2v) is 10.4. The van der Waals surface area contributed by atoms with Crippen LogP contribution in [0.3, 0.4) is 0 Å². The highest BCUT2D eigenvalue weighted by Crippen LogP contribution is 2.27. The van der Waals surface area contributed by atoms with E-state index in [-0.39, 0.29) is 27.7 Å². The molecule has 2 heterocycles. The van der Waals surface area contributed by atoms with Crippen molar-refractivity contribution < 1.29 is 17.6 Å². The maximum absolute atomic E-state index is 12.9. The van der Waals surface area contributed by atoms with E-state index >= 15 is 0 Å². The Labute approximate surface area is 191 Å². The van der Waals surface area contributed by atoms with E-state index in [1.165, 1.54) is 4.31 Å². The molecule has 0 saturated carbocycles. The Balaban J connectivity index is 1.42. The topological polar surface area (TPSA) is 105 Å². The van der Waals surface area contributed by atoms with Gasteiger partial charge in [0.05, 0.1) is 10.6 Å². The predicted molar refractivity (Wildman–Crippen MR) is 123 cm³/mol. The summed E-state index contributed by atoms with van der Waals surface area (Å²) in [5.74, 6) is 0.139. The average molecular weight is 473 g/mol. The number of anilines is 1. The van der Waals surface area contributed by atoms with Gasteiger partial charge in [0.25, 0.3) is 5.22 Å². The molecular weight excluding hydrogens is 448 g/mol. The fourth-order valence-electron chi connectivity index (χ4n) is 3.46. The van der Waals surface area contributed by atoms with Gasteiger partial charge >= 0.3 is 0 Å². The van der Waals surface area contributed by atoms with Crippen LogP contribution in [0.5, 0.6) is 0 Å². The van der Waals surface area contributed by atoms with Crippen LogP contribution in [0.15, 0.2) is 63.1 Å². The molecular formula is C22H24N4O4S2. The number of amides is 1. The Bertz CT molecular complexity index is 1200. The first kappa shape index (κ1) is 22.5. The number of sulfonamides is 1. The molecule has 1 aliphatic heterocycles. The van der Waals surface area contributed by atoms with Crippen LogP contribution in [-0.2, 0) is 14.8 Å². The van der Waals surface area contributed by atoms with Crippen LogP contribution in [0, 0.1) is 6.92 Å². The van der Waals surface area contributed by atoms with E-state index in [1.807, 2.05) is 31.2 Å². The first-order chi connectivity index (χ1) is 15.4. The van der Waals surface area contributed by atoms with E-state index in [4.69, 9.17) is 4.42 Å². The van der Waals surface area contributed by atoms with E-state index in [0.29, 0.717) is 18.7 Å². The molecule has 1 N–H and O–H groups in total. The van der Waals surface area contributed by atoms with Gasteiger partial charge in [-0.3, -0.25) is 4.79 Å². The lowest BCUT2D eigenvalue weighted by atomic mass is 10.2. The third-order valence-electron chi connectivity index (χ3n) is 5.19. The van der Waals surface area contributed by atoms with Crippen molar-refractivity contribution in [1.82, 2.24) is 14.5 Å². The molecule has 1 aliphatic rings. The summed E-state index contributed by atoms with van der Waals surface area (Å²) in [7, 11) is -3.56. The van der Waals surface area contributed by atoms with Crippen LogP contribution in [0.1, 0.15) is 24.8 Å². The van der Waals surface area contributed by atoms with Gasteiger partial charge < -0.3 is 9.73 Å². The van der Waals surface area contributed by atoms with Gasteiger partial charge in [0.2, 0.25) is 21.8 Å². The molecule has 1 amide bonds. The van der Waals surface area contributed by atoms with Gasteiger partial charge in [-0.25, -0.2) is 8.42 Å². The first-order valence-corrected chi connectivity index (χ1v) is 12.8. The number of piperidine rings is 1. The van der Waals surface area contributed by atoms with Crippen LogP contribution < -0.4 is 5.32 Å². The van der Waals surface area contributed by atoms with E-state index < -0.39 is 10.0 Å². The SMILES string of the molecule is Cc1ccccc1NC(=O)CSc1nnc(-c2cccc(S(=O)(=O)N3CCCCC3)c2)o1. The fourth-order valence-corrected chi connectivity index (χ4v) is 5.58. The minimum Gasteiger partial charge on any atom is -0.411 e. The third-order valence-corrected chi connectivity index (χ3v) is 7.90. The molecule has 0 atom stereocenters. The number of thioether (sulfide) groups is 1. The number of hydrogen-bond acceptors (Lipinski definition) is 7. The average Bonchev–Trinajstić information content (AvgIpc) is 3.29. The van der Waals surface area contributed by atoms with Crippen molar-refractivity contribution in [3.63, 3.8) is 0 Å². The second-order valence-electron chi connectivity index (χ2n) is 7.52. The predicted octanol–water partition coefficient (Wildman–Crippen LogP) is 3.95. The molecule has 2 aromatic carbocycles. The lowest BCUT2D eigenvalue weighted by Crippen LogP contribution is -2.35. The minimum absolute atomic E-state index is 0.110. The van der Waals surface area contributed by atoms with Crippen molar-refractivity contribution in [2.24, 2.45) is 0 Å². The van der Waals surface area contributed by atoms with Gasteiger partial charge in [-0.05, 0) is 49.6 Å². The number of rotatable bonds is 7. The number of carbonyl (C=O) groups excluding carboxylic acids is 1. The van der Waals surface area contributed by atoms with Crippen molar-refractivity contribution in [2.75, 3.05) is 24.2 Å². The van der Waals surface area contributed by atoms with Crippen LogP contribution >= 0.6 is 11.8 Å². The molecule has 0 unspecified atom stereocenters. The lowest BCUT2D eigenvalue weighted by Gasteiger charge is -2.25. The van der Waals surface area contributed by atoms with Crippen molar-refractivity contribution >= 4 is 33.4 Å². The van der Waals surface area contributed by atoms with Gasteiger partial charge in [0.1, 0.15) is 0 Å². The highest BCUT2D eigenvalue weighted by molar-refractivity contribution is 7.99. The summed E-state index contributed by atoms with van der Waals surface area (Å²) in [5, 5.41) is 11.1. The Morgan fingerprint density at radius 2 is 1.88 bits per heavy atom. The van der Waals surface area contributed by atoms with Crippen LogP contribution in [0.4, 0.5) is 5.69 Å². The summed E-state index contributed by atoms with van der Waals surface area (Å²) < 4.78 is 33.1. The fraction of sp³-hybridized carbons (Fsp3) is 0.318. The molecule has 10 heteroatoms. The molecule has 0 spiro atoms. The molecule has 0 aliphatic carbocycles. The number of benzene rings is 2. The molecule has 4 rings (SSSR count). The Morgan fingerprint density at radius 3 is 2.66 bits per heavy atom. The Morgan fingerprint density at radius 1 is 1.09 bits per heavy atom. The molecule has 8 nitrogen and oxygen atoms in total. The molecule has 32 heavy (non-hydrogen) atoms. The van der Waals surface area contributed by atoms with Crippen molar-refractivity contribution in [3.05, 3.63) is 54.1 Å². The molecule has 0 bridgehead atoms. The number of carbonyl (C=O) groups is 1. The molecule has 3 aromatic rings. The second kappa shape index (κ2) is 9.85. The normalized spacial score (nSPS) is 14.9. The van der Waals surface area contributed by atoms with Gasteiger partial charge in [-0.1, -0.05) is 42.4 Å². The maximum atomic E-state index is 12.9. The molecule has 168 valence electrons. The maximum Gasteiger partial charge on any atom is 0.277 e. The van der Waals surface area contributed by atoms with Crippen LogP contribution in [-0.4, -0.2) is 47.7 Å². The zero-order valence-corrected chi connectivity index (χ0v) is 19.3.